The molecule has 4 nitrogen and oxygen atoms in total. The summed E-state index contributed by atoms with van der Waals surface area (Å²) in [7, 11) is 0. The molecule has 0 radical (unpaired) electrons. The molecule has 1 aromatic heterocycles. The standard InChI is InChI=1S/C15H19N3O/c1-12(2)10-18-14-7-4-3-6-13(14)17-15(18)8-5-9-16-11-19/h3-4,6-7,11H,1,5,8-10H2,2H3,(H,16,19). The van der Waals surface area contributed by atoms with Gasteiger partial charge in [-0.25, -0.2) is 4.98 Å². The third kappa shape index (κ3) is 3.22. The molecule has 2 aromatic rings. The van der Waals surface area contributed by atoms with Gasteiger partial charge in [-0.05, 0) is 25.5 Å². The summed E-state index contributed by atoms with van der Waals surface area (Å²) < 4.78 is 2.21. The molecule has 1 heterocycles. The highest BCUT2D eigenvalue weighted by Crippen LogP contribution is 2.18. The Labute approximate surface area is 113 Å². The van der Waals surface area contributed by atoms with Crippen LogP contribution in [-0.4, -0.2) is 22.5 Å². The summed E-state index contributed by atoms with van der Waals surface area (Å²) in [6.07, 6.45) is 2.47. The lowest BCUT2D eigenvalue weighted by Gasteiger charge is -2.08. The minimum atomic E-state index is 0.680. The predicted molar refractivity (Wildman–Crippen MR) is 76.9 cm³/mol. The van der Waals surface area contributed by atoms with Crippen LogP contribution in [0.25, 0.3) is 11.0 Å². The molecular weight excluding hydrogens is 238 g/mol. The van der Waals surface area contributed by atoms with E-state index >= 15 is 0 Å². The summed E-state index contributed by atoms with van der Waals surface area (Å²) >= 11 is 0. The van der Waals surface area contributed by atoms with Gasteiger partial charge in [-0.1, -0.05) is 24.3 Å². The van der Waals surface area contributed by atoms with Crippen molar-refractivity contribution in [1.29, 1.82) is 0 Å². The van der Waals surface area contributed by atoms with Gasteiger partial charge in [-0.3, -0.25) is 4.79 Å². The highest BCUT2D eigenvalue weighted by molar-refractivity contribution is 5.76. The summed E-state index contributed by atoms with van der Waals surface area (Å²) in [6, 6.07) is 8.13. The van der Waals surface area contributed by atoms with Crippen molar-refractivity contribution in [3.05, 3.63) is 42.2 Å². The van der Waals surface area contributed by atoms with Crippen LogP contribution in [0.2, 0.25) is 0 Å². The molecule has 0 aliphatic carbocycles. The number of imidazole rings is 1. The fourth-order valence-corrected chi connectivity index (χ4v) is 2.17. The fraction of sp³-hybridized carbons (Fsp3) is 0.333. The van der Waals surface area contributed by atoms with Gasteiger partial charge in [0.1, 0.15) is 5.82 Å². The Balaban J connectivity index is 2.24. The number of nitrogens with one attached hydrogen (secondary N) is 1. The van der Waals surface area contributed by atoms with E-state index in [1.807, 2.05) is 25.1 Å². The highest BCUT2D eigenvalue weighted by Gasteiger charge is 2.09. The van der Waals surface area contributed by atoms with Gasteiger partial charge in [0.2, 0.25) is 6.41 Å². The van der Waals surface area contributed by atoms with Crippen LogP contribution in [0.1, 0.15) is 19.2 Å². The van der Waals surface area contributed by atoms with E-state index in [0.717, 1.165) is 48.2 Å². The van der Waals surface area contributed by atoms with Gasteiger partial charge in [0.15, 0.2) is 0 Å². The predicted octanol–water partition coefficient (Wildman–Crippen LogP) is 2.29. The first-order chi connectivity index (χ1) is 9.22. The maximum absolute atomic E-state index is 10.2. The Morgan fingerprint density at radius 1 is 1.47 bits per heavy atom. The van der Waals surface area contributed by atoms with Crippen molar-refractivity contribution < 1.29 is 4.79 Å². The molecule has 100 valence electrons. The molecule has 0 aliphatic heterocycles. The largest absolute Gasteiger partial charge is 0.359 e. The normalized spacial score (nSPS) is 10.6. The number of nitrogens with zero attached hydrogens (tertiary/aromatic N) is 2. The van der Waals surface area contributed by atoms with Crippen molar-refractivity contribution in [2.75, 3.05) is 6.54 Å². The molecule has 0 unspecified atom stereocenters. The monoisotopic (exact) mass is 257 g/mol. The summed E-state index contributed by atoms with van der Waals surface area (Å²) in [4.78, 5) is 14.9. The number of hydrogen-bond donors (Lipinski definition) is 1. The van der Waals surface area contributed by atoms with Crippen molar-refractivity contribution in [3.63, 3.8) is 0 Å². The Kier molecular flexibility index (Phi) is 4.34. The number of carbonyl (C=O) groups is 1. The van der Waals surface area contributed by atoms with E-state index in [9.17, 15) is 4.79 Å². The SMILES string of the molecule is C=C(C)Cn1c(CCCNC=O)nc2ccccc21. The van der Waals surface area contributed by atoms with Gasteiger partial charge >= 0.3 is 0 Å². The second-order valence-corrected chi connectivity index (χ2v) is 4.74. The summed E-state index contributed by atoms with van der Waals surface area (Å²) in [5.41, 5.74) is 3.27. The van der Waals surface area contributed by atoms with E-state index in [2.05, 4.69) is 27.5 Å². The molecule has 19 heavy (non-hydrogen) atoms. The number of aromatic nitrogens is 2. The number of benzene rings is 1. The average Bonchev–Trinajstić information content (AvgIpc) is 2.73. The molecule has 0 fully saturated rings. The summed E-state index contributed by atoms with van der Waals surface area (Å²) in [5.74, 6) is 1.05. The van der Waals surface area contributed by atoms with E-state index in [1.165, 1.54) is 0 Å². The third-order valence-corrected chi connectivity index (χ3v) is 2.97. The number of para-hydroxylation sites is 2. The van der Waals surface area contributed by atoms with Crippen LogP contribution >= 0.6 is 0 Å². The number of aryl methyl sites for hydroxylation is 1. The molecule has 0 bridgehead atoms. The van der Waals surface area contributed by atoms with Crippen molar-refractivity contribution >= 4 is 17.4 Å². The average molecular weight is 257 g/mol. The minimum absolute atomic E-state index is 0.680. The quantitative estimate of drug-likeness (QED) is 0.470. The van der Waals surface area contributed by atoms with Gasteiger partial charge in [-0.15, -0.1) is 0 Å². The minimum Gasteiger partial charge on any atom is -0.359 e. The number of amides is 1. The molecule has 0 saturated heterocycles. The lowest BCUT2D eigenvalue weighted by atomic mass is 10.2. The Morgan fingerprint density at radius 2 is 2.26 bits per heavy atom. The van der Waals surface area contributed by atoms with Gasteiger partial charge < -0.3 is 9.88 Å². The van der Waals surface area contributed by atoms with E-state index in [1.54, 1.807) is 0 Å². The van der Waals surface area contributed by atoms with Crippen molar-refractivity contribution in [2.24, 2.45) is 0 Å². The van der Waals surface area contributed by atoms with Crippen LogP contribution in [0.4, 0.5) is 0 Å². The zero-order valence-corrected chi connectivity index (χ0v) is 11.2. The maximum Gasteiger partial charge on any atom is 0.207 e. The van der Waals surface area contributed by atoms with E-state index in [4.69, 9.17) is 0 Å². The molecule has 1 N–H and O–H groups in total. The molecule has 4 heteroatoms. The zero-order chi connectivity index (χ0) is 13.7. The summed E-state index contributed by atoms with van der Waals surface area (Å²) in [6.45, 7) is 7.47. The number of allylic oxidation sites excluding steroid dienone is 1. The van der Waals surface area contributed by atoms with Crippen LogP contribution in [0, 0.1) is 0 Å². The molecule has 0 atom stereocenters. The number of rotatable bonds is 7. The Morgan fingerprint density at radius 3 is 3.00 bits per heavy atom. The Hall–Kier alpha value is -2.10. The molecular formula is C15H19N3O. The first kappa shape index (κ1) is 13.3. The van der Waals surface area contributed by atoms with Gasteiger partial charge in [0, 0.05) is 19.5 Å². The van der Waals surface area contributed by atoms with Crippen LogP contribution in [0.3, 0.4) is 0 Å². The van der Waals surface area contributed by atoms with Crippen LogP contribution < -0.4 is 5.32 Å². The van der Waals surface area contributed by atoms with Crippen LogP contribution in [0.15, 0.2) is 36.4 Å². The Bertz CT molecular complexity index is 586. The van der Waals surface area contributed by atoms with Crippen LogP contribution in [-0.2, 0) is 17.8 Å². The number of fused-ring (bicyclic) bond motifs is 1. The molecule has 2 rings (SSSR count). The zero-order valence-electron chi connectivity index (χ0n) is 11.2. The summed E-state index contributed by atoms with van der Waals surface area (Å²) in [5, 5.41) is 2.68. The van der Waals surface area contributed by atoms with Crippen molar-refractivity contribution in [3.8, 4) is 0 Å². The molecule has 0 saturated carbocycles. The smallest absolute Gasteiger partial charge is 0.207 e. The van der Waals surface area contributed by atoms with Crippen LogP contribution in [0.5, 0.6) is 0 Å². The fourth-order valence-electron chi connectivity index (χ4n) is 2.17. The second-order valence-electron chi connectivity index (χ2n) is 4.74. The van der Waals surface area contributed by atoms with Gasteiger partial charge in [0.25, 0.3) is 0 Å². The van der Waals surface area contributed by atoms with Crippen molar-refractivity contribution in [2.45, 2.75) is 26.3 Å². The van der Waals surface area contributed by atoms with Gasteiger partial charge in [0.05, 0.1) is 11.0 Å². The number of carbonyl (C=O) groups excluding carboxylic acids is 1. The first-order valence-electron chi connectivity index (χ1n) is 6.48. The maximum atomic E-state index is 10.2. The van der Waals surface area contributed by atoms with E-state index < -0.39 is 0 Å². The lowest BCUT2D eigenvalue weighted by Crippen LogP contribution is -2.14. The molecule has 0 aliphatic rings. The first-order valence-corrected chi connectivity index (χ1v) is 6.48. The molecule has 1 amide bonds. The topological polar surface area (TPSA) is 46.9 Å². The highest BCUT2D eigenvalue weighted by atomic mass is 16.1. The van der Waals surface area contributed by atoms with Crippen molar-refractivity contribution in [1.82, 2.24) is 14.9 Å². The molecule has 1 aromatic carbocycles. The third-order valence-electron chi connectivity index (χ3n) is 2.97. The van der Waals surface area contributed by atoms with E-state index in [0.29, 0.717) is 6.54 Å². The molecule has 0 spiro atoms. The van der Waals surface area contributed by atoms with Gasteiger partial charge in [-0.2, -0.15) is 0 Å². The second kappa shape index (κ2) is 6.18. The lowest BCUT2D eigenvalue weighted by molar-refractivity contribution is -0.109. The number of hydrogen-bond acceptors (Lipinski definition) is 2. The van der Waals surface area contributed by atoms with E-state index in [-0.39, 0.29) is 0 Å².